The minimum Gasteiger partial charge on any atom is -0.481 e. The van der Waals surface area contributed by atoms with Gasteiger partial charge in [-0.05, 0) is 40.5 Å². The molecule has 1 aromatic carbocycles. The molecule has 0 amide bonds. The SMILES string of the molecule is O=C(O)CCc1csc2nc(-c3ccc(F)cc3Br)cn12. The van der Waals surface area contributed by atoms with Crippen LogP contribution < -0.4 is 0 Å². The predicted octanol–water partition coefficient (Wildman–Crippen LogP) is 3.98. The minimum atomic E-state index is -0.823. The Kier molecular flexibility index (Phi) is 3.77. The zero-order chi connectivity index (χ0) is 15.0. The van der Waals surface area contributed by atoms with Gasteiger partial charge in [-0.15, -0.1) is 11.3 Å². The molecule has 0 radical (unpaired) electrons. The fourth-order valence-corrected chi connectivity index (χ4v) is 3.53. The maximum Gasteiger partial charge on any atom is 0.303 e. The second kappa shape index (κ2) is 5.57. The molecule has 3 aromatic rings. The summed E-state index contributed by atoms with van der Waals surface area (Å²) in [6.07, 6.45) is 2.39. The van der Waals surface area contributed by atoms with Crippen LogP contribution in [0.4, 0.5) is 4.39 Å². The van der Waals surface area contributed by atoms with Crippen LogP contribution in [0.2, 0.25) is 0 Å². The van der Waals surface area contributed by atoms with Gasteiger partial charge in [0, 0.05) is 27.3 Å². The molecule has 21 heavy (non-hydrogen) atoms. The fraction of sp³-hybridized carbons (Fsp3) is 0.143. The molecular weight excluding hydrogens is 359 g/mol. The first-order valence-electron chi connectivity index (χ1n) is 6.17. The first-order valence-corrected chi connectivity index (χ1v) is 7.84. The summed E-state index contributed by atoms with van der Waals surface area (Å²) in [6, 6.07) is 4.45. The average molecular weight is 369 g/mol. The third-order valence-corrected chi connectivity index (χ3v) is 4.63. The maximum absolute atomic E-state index is 13.1. The Morgan fingerprint density at radius 3 is 3.00 bits per heavy atom. The van der Waals surface area contributed by atoms with Crippen LogP contribution in [0.25, 0.3) is 16.2 Å². The number of nitrogens with zero attached hydrogens (tertiary/aromatic N) is 2. The lowest BCUT2D eigenvalue weighted by molar-refractivity contribution is -0.136. The number of benzene rings is 1. The molecule has 0 unspecified atom stereocenters. The molecule has 108 valence electrons. The lowest BCUT2D eigenvalue weighted by Crippen LogP contribution is -1.99. The third-order valence-electron chi connectivity index (χ3n) is 3.09. The number of imidazole rings is 1. The maximum atomic E-state index is 13.1. The van der Waals surface area contributed by atoms with Crippen LogP contribution in [0.15, 0.2) is 34.2 Å². The lowest BCUT2D eigenvalue weighted by atomic mass is 10.2. The molecule has 4 nitrogen and oxygen atoms in total. The molecule has 0 atom stereocenters. The molecule has 0 fully saturated rings. The zero-order valence-electron chi connectivity index (χ0n) is 10.7. The summed E-state index contributed by atoms with van der Waals surface area (Å²) in [4.78, 5) is 16.0. The number of rotatable bonds is 4. The normalized spacial score (nSPS) is 11.1. The van der Waals surface area contributed by atoms with E-state index in [1.807, 2.05) is 16.0 Å². The number of carboxylic acid groups (broad SMARTS) is 1. The molecule has 0 spiro atoms. The molecule has 0 saturated heterocycles. The summed E-state index contributed by atoms with van der Waals surface area (Å²) in [5.41, 5.74) is 2.44. The standard InChI is InChI=1S/C14H10BrFN2O2S/c15-11-5-8(16)1-3-10(11)12-6-18-9(2-4-13(19)20)7-21-14(18)17-12/h1,3,5-7H,2,4H2,(H,19,20). The predicted molar refractivity (Wildman–Crippen MR) is 82.1 cm³/mol. The Labute approximate surface area is 132 Å². The Morgan fingerprint density at radius 1 is 1.48 bits per heavy atom. The van der Waals surface area contributed by atoms with Crippen LogP contribution >= 0.6 is 27.3 Å². The quantitative estimate of drug-likeness (QED) is 0.757. The Bertz CT molecular complexity index is 828. The van der Waals surface area contributed by atoms with Gasteiger partial charge in [-0.25, -0.2) is 9.37 Å². The monoisotopic (exact) mass is 368 g/mol. The molecule has 0 bridgehead atoms. The van der Waals surface area contributed by atoms with Crippen molar-refractivity contribution < 1.29 is 14.3 Å². The van der Waals surface area contributed by atoms with Crippen molar-refractivity contribution in [2.45, 2.75) is 12.8 Å². The van der Waals surface area contributed by atoms with Crippen molar-refractivity contribution in [1.82, 2.24) is 9.38 Å². The Balaban J connectivity index is 1.99. The number of fused-ring (bicyclic) bond motifs is 1. The number of hydrogen-bond donors (Lipinski definition) is 1. The van der Waals surface area contributed by atoms with E-state index in [2.05, 4.69) is 20.9 Å². The molecule has 2 heterocycles. The summed E-state index contributed by atoms with van der Waals surface area (Å²) in [6.45, 7) is 0. The van der Waals surface area contributed by atoms with Crippen LogP contribution in [0, 0.1) is 5.82 Å². The van der Waals surface area contributed by atoms with E-state index in [4.69, 9.17) is 5.11 Å². The molecule has 0 saturated carbocycles. The highest BCUT2D eigenvalue weighted by molar-refractivity contribution is 9.10. The highest BCUT2D eigenvalue weighted by atomic mass is 79.9. The van der Waals surface area contributed by atoms with Crippen molar-refractivity contribution >= 4 is 38.2 Å². The topological polar surface area (TPSA) is 54.6 Å². The van der Waals surface area contributed by atoms with Crippen molar-refractivity contribution in [2.75, 3.05) is 0 Å². The highest BCUT2D eigenvalue weighted by Gasteiger charge is 2.12. The van der Waals surface area contributed by atoms with Crippen LogP contribution in [0.1, 0.15) is 12.1 Å². The zero-order valence-corrected chi connectivity index (χ0v) is 13.1. The number of halogens is 2. The summed E-state index contributed by atoms with van der Waals surface area (Å²) in [5.74, 6) is -1.13. The van der Waals surface area contributed by atoms with Crippen LogP contribution in [-0.4, -0.2) is 20.5 Å². The molecule has 3 rings (SSSR count). The molecule has 2 aromatic heterocycles. The van der Waals surface area contributed by atoms with Gasteiger partial charge in [0.05, 0.1) is 12.1 Å². The number of carbonyl (C=O) groups is 1. The number of thiazole rings is 1. The molecule has 0 aliphatic rings. The van der Waals surface area contributed by atoms with Crippen molar-refractivity contribution in [3.8, 4) is 11.3 Å². The minimum absolute atomic E-state index is 0.0829. The molecule has 0 aliphatic carbocycles. The number of carboxylic acids is 1. The lowest BCUT2D eigenvalue weighted by Gasteiger charge is -2.00. The highest BCUT2D eigenvalue weighted by Crippen LogP contribution is 2.30. The smallest absolute Gasteiger partial charge is 0.303 e. The van der Waals surface area contributed by atoms with Crippen molar-refractivity contribution in [2.24, 2.45) is 0 Å². The van der Waals surface area contributed by atoms with Gasteiger partial charge in [-0.3, -0.25) is 9.20 Å². The number of aliphatic carboxylic acids is 1. The largest absolute Gasteiger partial charge is 0.481 e. The van der Waals surface area contributed by atoms with E-state index in [9.17, 15) is 9.18 Å². The van der Waals surface area contributed by atoms with E-state index < -0.39 is 5.97 Å². The summed E-state index contributed by atoms with van der Waals surface area (Å²) < 4.78 is 15.7. The van der Waals surface area contributed by atoms with Gasteiger partial charge in [0.2, 0.25) is 0 Å². The first kappa shape index (κ1) is 14.2. The van der Waals surface area contributed by atoms with Gasteiger partial charge in [-0.1, -0.05) is 0 Å². The van der Waals surface area contributed by atoms with E-state index >= 15 is 0 Å². The van der Waals surface area contributed by atoms with Gasteiger partial charge in [0.15, 0.2) is 4.96 Å². The first-order chi connectivity index (χ1) is 10.0. The summed E-state index contributed by atoms with van der Waals surface area (Å²) in [7, 11) is 0. The van der Waals surface area contributed by atoms with E-state index in [1.54, 1.807) is 6.07 Å². The number of hydrogen-bond acceptors (Lipinski definition) is 3. The van der Waals surface area contributed by atoms with Crippen molar-refractivity contribution in [3.05, 3.63) is 45.8 Å². The second-order valence-electron chi connectivity index (χ2n) is 4.52. The number of aryl methyl sites for hydroxylation is 1. The molecule has 7 heteroatoms. The third kappa shape index (κ3) is 2.84. The van der Waals surface area contributed by atoms with E-state index in [0.717, 1.165) is 21.9 Å². The number of aromatic nitrogens is 2. The Hall–Kier alpha value is -1.73. The van der Waals surface area contributed by atoms with Gasteiger partial charge in [0.1, 0.15) is 5.82 Å². The molecule has 1 N–H and O–H groups in total. The average Bonchev–Trinajstić information content (AvgIpc) is 2.96. The van der Waals surface area contributed by atoms with Gasteiger partial charge < -0.3 is 5.11 Å². The van der Waals surface area contributed by atoms with Gasteiger partial charge >= 0.3 is 5.97 Å². The van der Waals surface area contributed by atoms with Crippen molar-refractivity contribution in [3.63, 3.8) is 0 Å². The second-order valence-corrected chi connectivity index (χ2v) is 6.21. The summed E-state index contributed by atoms with van der Waals surface area (Å²) >= 11 is 4.79. The van der Waals surface area contributed by atoms with Crippen LogP contribution in [0.3, 0.4) is 0 Å². The van der Waals surface area contributed by atoms with E-state index in [-0.39, 0.29) is 12.2 Å². The van der Waals surface area contributed by atoms with Gasteiger partial charge in [0.25, 0.3) is 0 Å². The molecular formula is C14H10BrFN2O2S. The van der Waals surface area contributed by atoms with Crippen molar-refractivity contribution in [1.29, 1.82) is 0 Å². The van der Waals surface area contributed by atoms with Gasteiger partial charge in [-0.2, -0.15) is 0 Å². The Morgan fingerprint density at radius 2 is 2.29 bits per heavy atom. The molecule has 0 aliphatic heterocycles. The van der Waals surface area contributed by atoms with E-state index in [1.165, 1.54) is 23.5 Å². The van der Waals surface area contributed by atoms with Crippen LogP contribution in [0.5, 0.6) is 0 Å². The summed E-state index contributed by atoms with van der Waals surface area (Å²) in [5, 5.41) is 10.7. The fourth-order valence-electron chi connectivity index (χ4n) is 2.07. The van der Waals surface area contributed by atoms with Crippen LogP contribution in [-0.2, 0) is 11.2 Å². The van der Waals surface area contributed by atoms with E-state index in [0.29, 0.717) is 10.9 Å².